The molecule has 3 nitrogen and oxygen atoms in total. The van der Waals surface area contributed by atoms with Crippen LogP contribution in [0, 0.1) is 6.92 Å². The van der Waals surface area contributed by atoms with Crippen LogP contribution in [0.4, 0.5) is 14.6 Å². The van der Waals surface area contributed by atoms with Crippen LogP contribution < -0.4 is 11.1 Å². The number of nitrogens with two attached hydrogens (primary N) is 1. The Bertz CT molecular complexity index is 368. The highest BCUT2D eigenvalue weighted by Gasteiger charge is 2.05. The molecule has 1 aromatic rings. The molecule has 0 aromatic carbocycles. The molecule has 0 saturated carbocycles. The van der Waals surface area contributed by atoms with Gasteiger partial charge in [-0.05, 0) is 19.1 Å². The van der Waals surface area contributed by atoms with Gasteiger partial charge in [0, 0.05) is 11.3 Å². The summed E-state index contributed by atoms with van der Waals surface area (Å²) in [6.07, 6.45) is -2.42. The molecule has 3 N–H and O–H groups in total. The summed E-state index contributed by atoms with van der Waals surface area (Å²) in [7, 11) is 0. The standard InChI is InChI=1S/C9H11F2N3S/c1-5-2-6(9(12)15)3-8(14-5)13-4-7(10)11/h2-3,7H,4H2,1H3,(H2,12,15)(H,13,14). The van der Waals surface area contributed by atoms with Crippen molar-refractivity contribution in [2.24, 2.45) is 5.73 Å². The lowest BCUT2D eigenvalue weighted by Gasteiger charge is -2.07. The number of aryl methyl sites for hydroxylation is 1. The number of nitrogens with zero attached hydrogens (tertiary/aromatic N) is 1. The van der Waals surface area contributed by atoms with Crippen LogP contribution >= 0.6 is 12.2 Å². The highest BCUT2D eigenvalue weighted by Crippen LogP contribution is 2.10. The Morgan fingerprint density at radius 2 is 2.27 bits per heavy atom. The molecule has 0 spiro atoms. The van der Waals surface area contributed by atoms with Crippen LogP contribution in [0.5, 0.6) is 0 Å². The quantitative estimate of drug-likeness (QED) is 0.774. The molecule has 1 heterocycles. The molecule has 82 valence electrons. The second-order valence-corrected chi connectivity index (χ2v) is 3.46. The van der Waals surface area contributed by atoms with Crippen molar-refractivity contribution in [3.8, 4) is 0 Å². The van der Waals surface area contributed by atoms with Crippen LogP contribution in [-0.4, -0.2) is 22.9 Å². The molecule has 0 atom stereocenters. The number of hydrogen-bond donors (Lipinski definition) is 2. The van der Waals surface area contributed by atoms with Crippen molar-refractivity contribution in [1.82, 2.24) is 4.98 Å². The van der Waals surface area contributed by atoms with Gasteiger partial charge in [-0.15, -0.1) is 0 Å². The van der Waals surface area contributed by atoms with E-state index in [1.165, 1.54) is 0 Å². The van der Waals surface area contributed by atoms with E-state index in [-0.39, 0.29) is 4.99 Å². The molecule has 0 aliphatic heterocycles. The average Bonchev–Trinajstić information content (AvgIpc) is 2.13. The van der Waals surface area contributed by atoms with Crippen LogP contribution in [0.15, 0.2) is 12.1 Å². The maximum Gasteiger partial charge on any atom is 0.255 e. The topological polar surface area (TPSA) is 50.9 Å². The number of nitrogens with one attached hydrogen (secondary N) is 1. The Balaban J connectivity index is 2.84. The number of alkyl halides is 2. The van der Waals surface area contributed by atoms with Gasteiger partial charge in [0.2, 0.25) is 0 Å². The Hall–Kier alpha value is -1.30. The molecular formula is C9H11F2N3S. The summed E-state index contributed by atoms with van der Waals surface area (Å²) in [6, 6.07) is 3.26. The van der Waals surface area contributed by atoms with Crippen molar-refractivity contribution in [1.29, 1.82) is 0 Å². The largest absolute Gasteiger partial charge is 0.389 e. The second kappa shape index (κ2) is 4.97. The number of aromatic nitrogens is 1. The van der Waals surface area contributed by atoms with E-state index in [0.29, 0.717) is 17.1 Å². The lowest BCUT2D eigenvalue weighted by Crippen LogP contribution is -2.14. The van der Waals surface area contributed by atoms with Crippen LogP contribution in [0.3, 0.4) is 0 Å². The molecule has 1 aromatic heterocycles. The van der Waals surface area contributed by atoms with Crippen molar-refractivity contribution in [3.05, 3.63) is 23.4 Å². The van der Waals surface area contributed by atoms with Gasteiger partial charge in [-0.2, -0.15) is 0 Å². The lowest BCUT2D eigenvalue weighted by atomic mass is 10.2. The maximum absolute atomic E-state index is 11.9. The summed E-state index contributed by atoms with van der Waals surface area (Å²) in [5.41, 5.74) is 6.73. The number of halogens is 2. The molecule has 0 aliphatic rings. The fourth-order valence-corrected chi connectivity index (χ4v) is 1.20. The molecule has 0 unspecified atom stereocenters. The molecule has 0 aliphatic carbocycles. The van der Waals surface area contributed by atoms with Crippen LogP contribution in [0.25, 0.3) is 0 Å². The number of hydrogen-bond acceptors (Lipinski definition) is 3. The first-order valence-electron chi connectivity index (χ1n) is 4.29. The fourth-order valence-electron chi connectivity index (χ4n) is 1.08. The predicted octanol–water partition coefficient (Wildman–Crippen LogP) is 1.70. The van der Waals surface area contributed by atoms with E-state index in [1.807, 2.05) is 0 Å². The first-order chi connectivity index (χ1) is 6.99. The van der Waals surface area contributed by atoms with E-state index < -0.39 is 13.0 Å². The van der Waals surface area contributed by atoms with Crippen molar-refractivity contribution in [2.45, 2.75) is 13.3 Å². The molecular weight excluding hydrogens is 220 g/mol. The zero-order valence-electron chi connectivity index (χ0n) is 8.13. The normalized spacial score (nSPS) is 10.4. The summed E-state index contributed by atoms with van der Waals surface area (Å²) in [5.74, 6) is 0.359. The second-order valence-electron chi connectivity index (χ2n) is 3.02. The molecule has 0 amide bonds. The zero-order valence-corrected chi connectivity index (χ0v) is 8.94. The van der Waals surface area contributed by atoms with Crippen LogP contribution in [-0.2, 0) is 0 Å². The lowest BCUT2D eigenvalue weighted by molar-refractivity contribution is 0.163. The molecule has 0 saturated heterocycles. The highest BCUT2D eigenvalue weighted by atomic mass is 32.1. The summed E-state index contributed by atoms with van der Waals surface area (Å²) < 4.78 is 23.9. The number of thiocarbonyl (C=S) groups is 1. The first-order valence-corrected chi connectivity index (χ1v) is 4.70. The van der Waals surface area contributed by atoms with Gasteiger partial charge in [0.25, 0.3) is 6.43 Å². The minimum Gasteiger partial charge on any atom is -0.389 e. The third kappa shape index (κ3) is 3.75. The van der Waals surface area contributed by atoms with Gasteiger partial charge in [-0.1, -0.05) is 12.2 Å². The van der Waals surface area contributed by atoms with Crippen molar-refractivity contribution >= 4 is 23.0 Å². The van der Waals surface area contributed by atoms with E-state index in [4.69, 9.17) is 18.0 Å². The molecule has 6 heteroatoms. The smallest absolute Gasteiger partial charge is 0.255 e. The minimum atomic E-state index is -2.42. The summed E-state index contributed by atoms with van der Waals surface area (Å²) in [4.78, 5) is 4.25. The highest BCUT2D eigenvalue weighted by molar-refractivity contribution is 7.80. The van der Waals surface area contributed by atoms with E-state index in [2.05, 4.69) is 10.3 Å². The third-order valence-electron chi connectivity index (χ3n) is 1.68. The Morgan fingerprint density at radius 1 is 1.60 bits per heavy atom. The van der Waals surface area contributed by atoms with Crippen molar-refractivity contribution in [2.75, 3.05) is 11.9 Å². The van der Waals surface area contributed by atoms with Gasteiger partial charge in [-0.3, -0.25) is 0 Å². The van der Waals surface area contributed by atoms with E-state index in [9.17, 15) is 8.78 Å². The van der Waals surface area contributed by atoms with Crippen LogP contribution in [0.1, 0.15) is 11.3 Å². The van der Waals surface area contributed by atoms with E-state index in [1.54, 1.807) is 19.1 Å². The Labute approximate surface area is 91.7 Å². The Morgan fingerprint density at radius 3 is 2.80 bits per heavy atom. The molecule has 0 fully saturated rings. The van der Waals surface area contributed by atoms with Gasteiger partial charge in [-0.25, -0.2) is 13.8 Å². The van der Waals surface area contributed by atoms with Crippen molar-refractivity contribution < 1.29 is 8.78 Å². The summed E-state index contributed by atoms with van der Waals surface area (Å²) in [6.45, 7) is 1.31. The molecule has 1 rings (SSSR count). The monoisotopic (exact) mass is 231 g/mol. The zero-order chi connectivity index (χ0) is 11.4. The van der Waals surface area contributed by atoms with E-state index in [0.717, 1.165) is 0 Å². The average molecular weight is 231 g/mol. The summed E-state index contributed by atoms with van der Waals surface area (Å²) in [5, 5.41) is 2.50. The van der Waals surface area contributed by atoms with Gasteiger partial charge < -0.3 is 11.1 Å². The third-order valence-corrected chi connectivity index (χ3v) is 1.91. The molecule has 15 heavy (non-hydrogen) atoms. The predicted molar refractivity (Wildman–Crippen MR) is 59.4 cm³/mol. The van der Waals surface area contributed by atoms with Gasteiger partial charge in [0.15, 0.2) is 0 Å². The van der Waals surface area contributed by atoms with Gasteiger partial charge >= 0.3 is 0 Å². The van der Waals surface area contributed by atoms with Crippen LogP contribution in [0.2, 0.25) is 0 Å². The summed E-state index contributed by atoms with van der Waals surface area (Å²) >= 11 is 4.79. The molecule has 0 radical (unpaired) electrons. The van der Waals surface area contributed by atoms with E-state index >= 15 is 0 Å². The van der Waals surface area contributed by atoms with Gasteiger partial charge in [0.1, 0.15) is 10.8 Å². The molecule has 0 bridgehead atoms. The van der Waals surface area contributed by atoms with Gasteiger partial charge in [0.05, 0.1) is 6.54 Å². The maximum atomic E-state index is 11.9. The van der Waals surface area contributed by atoms with Crippen molar-refractivity contribution in [3.63, 3.8) is 0 Å². The Kier molecular flexibility index (Phi) is 3.90. The minimum absolute atomic E-state index is 0.223. The first kappa shape index (κ1) is 11.8. The fraction of sp³-hybridized carbons (Fsp3) is 0.333. The number of pyridine rings is 1. The SMILES string of the molecule is Cc1cc(C(N)=S)cc(NCC(F)F)n1. The number of anilines is 1. The number of rotatable bonds is 4.